The van der Waals surface area contributed by atoms with Crippen LogP contribution in [0.15, 0.2) is 89.5 Å². The molecular formula is C29H19FN4O4S. The Morgan fingerprint density at radius 3 is 2.49 bits per heavy atom. The van der Waals surface area contributed by atoms with Crippen molar-refractivity contribution in [2.45, 2.75) is 0 Å². The number of ketones is 1. The van der Waals surface area contributed by atoms with Crippen LogP contribution in [0.3, 0.4) is 0 Å². The van der Waals surface area contributed by atoms with Gasteiger partial charge in [-0.15, -0.1) is 11.3 Å². The van der Waals surface area contributed by atoms with Crippen molar-refractivity contribution in [3.05, 3.63) is 101 Å². The molecule has 0 radical (unpaired) electrons. The number of rotatable bonds is 6. The molecule has 192 valence electrons. The molecule has 0 saturated carbocycles. The van der Waals surface area contributed by atoms with Gasteiger partial charge in [-0.1, -0.05) is 42.5 Å². The molecule has 0 aliphatic rings. The molecule has 39 heavy (non-hydrogen) atoms. The molecule has 10 heteroatoms. The molecule has 3 heterocycles. The SMILES string of the molecule is COc1ccc(-[n+]2noc([O-])c2C(=O)c2sc3nc(-c4ccccc4)cc(-c4cccc(F)c4)c3c2N)cc1. The quantitative estimate of drug-likeness (QED) is 0.236. The van der Waals surface area contributed by atoms with Crippen molar-refractivity contribution in [1.29, 1.82) is 0 Å². The third kappa shape index (κ3) is 4.26. The first-order valence-electron chi connectivity index (χ1n) is 11.8. The molecule has 8 nitrogen and oxygen atoms in total. The monoisotopic (exact) mass is 538 g/mol. The van der Waals surface area contributed by atoms with Gasteiger partial charge >= 0.3 is 5.69 Å². The fraction of sp³-hybridized carbons (Fsp3) is 0.0345. The highest BCUT2D eigenvalue weighted by Gasteiger charge is 2.33. The first-order chi connectivity index (χ1) is 18.9. The molecule has 0 aliphatic carbocycles. The van der Waals surface area contributed by atoms with Crippen molar-refractivity contribution in [1.82, 2.24) is 10.3 Å². The molecule has 0 spiro atoms. The second-order valence-electron chi connectivity index (χ2n) is 8.60. The van der Waals surface area contributed by atoms with E-state index in [2.05, 4.69) is 5.27 Å². The van der Waals surface area contributed by atoms with Gasteiger partial charge in [0.15, 0.2) is 5.95 Å². The summed E-state index contributed by atoms with van der Waals surface area (Å²) in [5.41, 5.74) is 9.47. The van der Waals surface area contributed by atoms with Crippen LogP contribution in [0.2, 0.25) is 0 Å². The summed E-state index contributed by atoms with van der Waals surface area (Å²) in [5.74, 6) is -1.39. The lowest BCUT2D eigenvalue weighted by molar-refractivity contribution is -0.672. The van der Waals surface area contributed by atoms with Crippen LogP contribution in [0.25, 0.3) is 38.3 Å². The molecule has 3 aromatic carbocycles. The number of hydrogen-bond acceptors (Lipinski definition) is 8. The summed E-state index contributed by atoms with van der Waals surface area (Å²) in [6.07, 6.45) is 0. The van der Waals surface area contributed by atoms with Gasteiger partial charge in [0, 0.05) is 23.1 Å². The first-order valence-corrected chi connectivity index (χ1v) is 12.6. The van der Waals surface area contributed by atoms with Crippen LogP contribution in [0.1, 0.15) is 15.4 Å². The predicted octanol–water partition coefficient (Wildman–Crippen LogP) is 4.93. The van der Waals surface area contributed by atoms with Gasteiger partial charge in [-0.25, -0.2) is 9.37 Å². The van der Waals surface area contributed by atoms with Gasteiger partial charge in [-0.05, 0) is 46.1 Å². The van der Waals surface area contributed by atoms with Crippen LogP contribution in [0.5, 0.6) is 11.7 Å². The van der Waals surface area contributed by atoms with Gasteiger partial charge in [0.1, 0.15) is 21.3 Å². The molecule has 0 fully saturated rings. The van der Waals surface area contributed by atoms with E-state index in [1.807, 2.05) is 36.4 Å². The highest BCUT2D eigenvalue weighted by Crippen LogP contribution is 2.42. The number of aromatic nitrogens is 3. The van der Waals surface area contributed by atoms with Gasteiger partial charge in [0.05, 0.1) is 23.8 Å². The molecule has 6 rings (SSSR count). The van der Waals surface area contributed by atoms with E-state index in [-0.39, 0.29) is 16.3 Å². The normalized spacial score (nSPS) is 11.1. The highest BCUT2D eigenvalue weighted by atomic mass is 32.1. The largest absolute Gasteiger partial charge is 0.539 e. The Morgan fingerprint density at radius 1 is 1.03 bits per heavy atom. The number of benzene rings is 3. The van der Waals surface area contributed by atoms with Crippen LogP contribution in [0, 0.1) is 5.82 Å². The summed E-state index contributed by atoms with van der Waals surface area (Å²) in [5, 5.41) is 16.9. The molecular weight excluding hydrogens is 519 g/mol. The summed E-state index contributed by atoms with van der Waals surface area (Å²) in [6, 6.07) is 24.0. The number of methoxy groups -OCH3 is 1. The second-order valence-corrected chi connectivity index (χ2v) is 9.60. The number of pyridine rings is 1. The number of fused-ring (bicyclic) bond motifs is 1. The maximum Gasteiger partial charge on any atom is 0.312 e. The predicted molar refractivity (Wildman–Crippen MR) is 142 cm³/mol. The van der Waals surface area contributed by atoms with Gasteiger partial charge in [-0.3, -0.25) is 4.79 Å². The Hall–Kier alpha value is -5.09. The number of ether oxygens (including phenoxy) is 1. The van der Waals surface area contributed by atoms with Crippen LogP contribution < -0.4 is 20.3 Å². The minimum Gasteiger partial charge on any atom is -0.539 e. The number of nitrogen functional groups attached to an aromatic ring is 1. The standard InChI is InChI=1S/C29H19FN4O4S/c1-37-20-12-10-19(11-13-20)34-25(29(36)38-33-34)26(35)27-24(31)23-21(17-8-5-9-18(30)14-17)15-22(32-28(23)39-27)16-6-3-2-4-7-16/h2-15H,1H3,(H2-,31,33,35,36). The summed E-state index contributed by atoms with van der Waals surface area (Å²) >= 11 is 1.05. The van der Waals surface area contributed by atoms with E-state index in [0.29, 0.717) is 38.5 Å². The van der Waals surface area contributed by atoms with E-state index < -0.39 is 17.5 Å². The molecule has 3 aromatic heterocycles. The smallest absolute Gasteiger partial charge is 0.312 e. The topological polar surface area (TPSA) is 118 Å². The Morgan fingerprint density at radius 2 is 1.77 bits per heavy atom. The third-order valence-corrected chi connectivity index (χ3v) is 7.35. The van der Waals surface area contributed by atoms with Crippen LogP contribution >= 0.6 is 11.3 Å². The average Bonchev–Trinajstić information content (AvgIpc) is 3.52. The first kappa shape index (κ1) is 24.3. The molecule has 2 N–H and O–H groups in total. The van der Waals surface area contributed by atoms with E-state index in [1.165, 1.54) is 19.2 Å². The number of nitrogens with two attached hydrogens (primary N) is 1. The van der Waals surface area contributed by atoms with Crippen LogP contribution in [-0.2, 0) is 0 Å². The number of carbonyl (C=O) groups is 1. The minimum absolute atomic E-state index is 0.0999. The Kier molecular flexibility index (Phi) is 6.01. The summed E-state index contributed by atoms with van der Waals surface area (Å²) in [7, 11) is 1.53. The number of thiophene rings is 1. The number of halogens is 1. The molecule has 0 saturated heterocycles. The lowest BCUT2D eigenvalue weighted by Gasteiger charge is -2.09. The Labute approximate surface area is 225 Å². The third-order valence-electron chi connectivity index (χ3n) is 6.25. The minimum atomic E-state index is -0.907. The van der Waals surface area contributed by atoms with E-state index in [1.54, 1.807) is 36.4 Å². The Bertz CT molecular complexity index is 1850. The van der Waals surface area contributed by atoms with E-state index in [0.717, 1.165) is 21.6 Å². The maximum atomic E-state index is 14.2. The van der Waals surface area contributed by atoms with Gasteiger partial charge < -0.3 is 20.1 Å². The molecule has 6 aromatic rings. The van der Waals surface area contributed by atoms with Crippen molar-refractivity contribution in [3.63, 3.8) is 0 Å². The van der Waals surface area contributed by atoms with E-state index in [4.69, 9.17) is 20.0 Å². The van der Waals surface area contributed by atoms with E-state index in [9.17, 15) is 14.3 Å². The number of nitrogens with zero attached hydrogens (tertiary/aromatic N) is 3. The number of hydrogen-bond donors (Lipinski definition) is 1. The molecule has 0 amide bonds. The van der Waals surface area contributed by atoms with Gasteiger partial charge in [0.2, 0.25) is 5.69 Å². The average molecular weight is 539 g/mol. The van der Waals surface area contributed by atoms with Crippen molar-refractivity contribution in [3.8, 4) is 39.8 Å². The number of carbonyl (C=O) groups excluding carboxylic acids is 1. The van der Waals surface area contributed by atoms with Gasteiger partial charge in [0.25, 0.3) is 5.78 Å². The maximum absolute atomic E-state index is 14.2. The summed E-state index contributed by atoms with van der Waals surface area (Å²) in [4.78, 5) is 19.1. The molecule has 0 unspecified atom stereocenters. The van der Waals surface area contributed by atoms with Crippen molar-refractivity contribution >= 4 is 33.0 Å². The lowest BCUT2D eigenvalue weighted by atomic mass is 9.99. The molecule has 0 bridgehead atoms. The van der Waals surface area contributed by atoms with Crippen molar-refractivity contribution < 1.29 is 28.2 Å². The molecule has 0 atom stereocenters. The fourth-order valence-electron chi connectivity index (χ4n) is 4.37. The number of anilines is 1. The van der Waals surface area contributed by atoms with Gasteiger partial charge in [-0.2, -0.15) is 0 Å². The van der Waals surface area contributed by atoms with Crippen molar-refractivity contribution in [2.75, 3.05) is 12.8 Å². The van der Waals surface area contributed by atoms with Crippen LogP contribution in [0.4, 0.5) is 10.1 Å². The molecule has 0 aliphatic heterocycles. The Balaban J connectivity index is 1.54. The fourth-order valence-corrected chi connectivity index (χ4v) is 5.44. The second kappa shape index (κ2) is 9.66. The highest BCUT2D eigenvalue weighted by molar-refractivity contribution is 7.21. The van der Waals surface area contributed by atoms with Crippen LogP contribution in [-0.4, -0.2) is 23.1 Å². The van der Waals surface area contributed by atoms with Crippen molar-refractivity contribution in [2.24, 2.45) is 0 Å². The summed E-state index contributed by atoms with van der Waals surface area (Å²) in [6.45, 7) is 0. The summed E-state index contributed by atoms with van der Waals surface area (Å²) < 4.78 is 25.4. The zero-order chi connectivity index (χ0) is 27.1. The zero-order valence-corrected chi connectivity index (χ0v) is 21.2. The lowest BCUT2D eigenvalue weighted by Crippen LogP contribution is -2.39. The zero-order valence-electron chi connectivity index (χ0n) is 20.4. The van der Waals surface area contributed by atoms with E-state index >= 15 is 0 Å².